The van der Waals surface area contributed by atoms with Gasteiger partial charge in [-0.3, -0.25) is 4.68 Å². The lowest BCUT2D eigenvalue weighted by atomic mass is 10.2. The maximum absolute atomic E-state index is 12.8. The summed E-state index contributed by atoms with van der Waals surface area (Å²) in [7, 11) is -4.02. The van der Waals surface area contributed by atoms with Crippen molar-refractivity contribution in [1.82, 2.24) is 19.7 Å². The molecule has 2 heterocycles. The summed E-state index contributed by atoms with van der Waals surface area (Å²) in [4.78, 5) is 7.73. The van der Waals surface area contributed by atoms with Crippen LogP contribution in [-0.2, 0) is 17.0 Å². The van der Waals surface area contributed by atoms with E-state index >= 15 is 0 Å². The van der Waals surface area contributed by atoms with Crippen LogP contribution >= 0.6 is 0 Å². The first-order valence-corrected chi connectivity index (χ1v) is 9.73. The van der Waals surface area contributed by atoms with Gasteiger partial charge < -0.3 is 10.2 Å². The van der Waals surface area contributed by atoms with Crippen molar-refractivity contribution in [2.24, 2.45) is 12.1 Å². The molecule has 0 spiro atoms. The highest BCUT2D eigenvalue weighted by molar-refractivity contribution is 7.89. The Morgan fingerprint density at radius 2 is 2.16 bits per heavy atom. The minimum atomic E-state index is -5.30. The minimum absolute atomic E-state index is 0.154. The van der Waals surface area contributed by atoms with Gasteiger partial charge in [0.15, 0.2) is 0 Å². The summed E-state index contributed by atoms with van der Waals surface area (Å²) >= 11 is 0. The number of aryl methyl sites for hydroxylation is 2. The van der Waals surface area contributed by atoms with Gasteiger partial charge in [0.05, 0.1) is 18.6 Å². The quantitative estimate of drug-likeness (QED) is 0.459. The van der Waals surface area contributed by atoms with Crippen LogP contribution in [0.1, 0.15) is 31.8 Å². The molecule has 0 amide bonds. The summed E-state index contributed by atoms with van der Waals surface area (Å²) < 4.78 is 161. The Labute approximate surface area is 204 Å². The first-order valence-electron chi connectivity index (χ1n) is 16.7. The highest BCUT2D eigenvalue weighted by Gasteiger charge is 2.14. The number of nitrogens with one attached hydrogen (secondary N) is 1. The molecular weight excluding hydrogens is 414 g/mol. The van der Waals surface area contributed by atoms with Crippen LogP contribution in [0.3, 0.4) is 0 Å². The zero-order chi connectivity index (χ0) is 36.6. The monoisotopic (exact) mass is 454 g/mol. The Hall–Kier alpha value is -3.50. The second-order valence-corrected chi connectivity index (χ2v) is 7.42. The largest absolute Gasteiger partial charge is 0.329 e. The Bertz CT molecular complexity index is 2060. The van der Waals surface area contributed by atoms with Crippen LogP contribution in [0.5, 0.6) is 0 Å². The Kier molecular flexibility index (Phi) is 2.11. The van der Waals surface area contributed by atoms with Crippen LogP contribution in [0.25, 0.3) is 10.9 Å². The number of hydrogen-bond acceptors (Lipinski definition) is 7. The molecule has 31 heavy (non-hydrogen) atoms. The zero-order valence-electron chi connectivity index (χ0n) is 32.6. The minimum Gasteiger partial charge on any atom is -0.329 e. The molecule has 2 aromatic heterocycles. The van der Waals surface area contributed by atoms with Crippen molar-refractivity contribution in [1.29, 1.82) is 0 Å². The summed E-state index contributed by atoms with van der Waals surface area (Å²) in [6.45, 7) is -9.55. The number of sulfonamides is 1. The summed E-state index contributed by atoms with van der Waals surface area (Å²) in [6, 6.07) is -4.16. The Balaban J connectivity index is 1.90. The predicted molar refractivity (Wildman–Crippen MR) is 121 cm³/mol. The summed E-state index contributed by atoms with van der Waals surface area (Å²) in [6.07, 6.45) is 1.10. The second-order valence-electron chi connectivity index (χ2n) is 6.06. The lowest BCUT2D eigenvalue weighted by Crippen LogP contribution is -2.14. The molecule has 0 saturated carbocycles. The molecule has 4 aromatic rings. The summed E-state index contributed by atoms with van der Waals surface area (Å²) in [5.74, 6) is -0.639. The Morgan fingerprint density at radius 3 is 2.94 bits per heavy atom. The van der Waals surface area contributed by atoms with E-state index in [0.717, 1.165) is 11.1 Å². The zero-order valence-corrected chi connectivity index (χ0v) is 16.4. The smallest absolute Gasteiger partial charge is 0.238 e. The molecule has 0 bridgehead atoms. The third kappa shape index (κ3) is 4.07. The topological polar surface area (TPSA) is 119 Å². The van der Waals surface area contributed by atoms with E-state index in [-0.39, 0.29) is 16.2 Å². The van der Waals surface area contributed by atoms with Gasteiger partial charge in [-0.25, -0.2) is 18.5 Å². The molecule has 0 saturated heterocycles. The Morgan fingerprint density at radius 1 is 1.26 bits per heavy atom. The number of anilines is 4. The first-order chi connectivity index (χ1) is 21.7. The first kappa shape index (κ1) is 8.56. The van der Waals surface area contributed by atoms with Gasteiger partial charge in [-0.2, -0.15) is 10.1 Å². The number of hydrogen-bond donors (Lipinski definition) is 2. The van der Waals surface area contributed by atoms with Gasteiger partial charge in [0, 0.05) is 55.0 Å². The number of benzene rings is 2. The average Bonchev–Trinajstić information content (AvgIpc) is 3.38. The number of primary sulfonamides is 1. The van der Waals surface area contributed by atoms with E-state index in [1.165, 1.54) is 13.1 Å². The molecule has 2 aromatic carbocycles. The van der Waals surface area contributed by atoms with Crippen LogP contribution in [0.2, 0.25) is 2.82 Å². The normalized spacial score (nSPS) is 20.9. The molecular formula is C21H23N7O2S. The van der Waals surface area contributed by atoms with Gasteiger partial charge >= 0.3 is 0 Å². The van der Waals surface area contributed by atoms with Crippen LogP contribution in [0.15, 0.2) is 53.4 Å². The molecule has 0 radical (unpaired) electrons. The van der Waals surface area contributed by atoms with E-state index in [1.54, 1.807) is 0 Å². The van der Waals surface area contributed by atoms with E-state index in [0.29, 0.717) is 0 Å². The van der Waals surface area contributed by atoms with Gasteiger partial charge in [-0.15, -0.1) is 0 Å². The van der Waals surface area contributed by atoms with Crippen LogP contribution in [0.4, 0.5) is 23.1 Å². The van der Waals surface area contributed by atoms with Crippen molar-refractivity contribution in [3.8, 4) is 0 Å². The van der Waals surface area contributed by atoms with Gasteiger partial charge in [-0.1, -0.05) is 6.04 Å². The van der Waals surface area contributed by atoms with Crippen molar-refractivity contribution in [2.75, 3.05) is 17.3 Å². The van der Waals surface area contributed by atoms with Crippen molar-refractivity contribution in [3.63, 3.8) is 0 Å². The van der Waals surface area contributed by atoms with E-state index in [2.05, 4.69) is 20.4 Å². The number of nitrogens with two attached hydrogens (primary N) is 1. The molecule has 0 atom stereocenters. The fourth-order valence-electron chi connectivity index (χ4n) is 2.52. The molecule has 4 rings (SSSR count). The molecule has 9 nitrogen and oxygen atoms in total. The van der Waals surface area contributed by atoms with E-state index in [4.69, 9.17) is 23.4 Å². The predicted octanol–water partition coefficient (Wildman–Crippen LogP) is 3.14. The average molecular weight is 455 g/mol. The van der Waals surface area contributed by atoms with Gasteiger partial charge in [0.1, 0.15) is 8.64 Å². The molecule has 0 fully saturated rings. The SMILES string of the molecule is [2H]c1c([2H])c(C([2H])([2H])[2H])c(S(=O)(=O)N([2H])[2H])c([2H])c1Nc1nccc(N(C)c2c([2H])c([2H])c3c(C([2H])([2H])[2H])n(C([2H])([2H])[2H])nc3c2[2H])n1. The van der Waals surface area contributed by atoms with Crippen LogP contribution < -0.4 is 15.3 Å². The van der Waals surface area contributed by atoms with Crippen molar-refractivity contribution in [3.05, 3.63) is 59.8 Å². The highest BCUT2D eigenvalue weighted by atomic mass is 32.2. The maximum Gasteiger partial charge on any atom is 0.238 e. The van der Waals surface area contributed by atoms with Gasteiger partial charge in [0.25, 0.3) is 0 Å². The van der Waals surface area contributed by atoms with E-state index in [9.17, 15) is 8.42 Å². The lowest BCUT2D eigenvalue weighted by molar-refractivity contribution is 0.597. The summed E-state index contributed by atoms with van der Waals surface area (Å²) in [5, 5.41) is 4.80. The molecule has 0 aliphatic heterocycles. The number of fused-ring (bicyclic) bond motifs is 1. The highest BCUT2D eigenvalue weighted by Crippen LogP contribution is 2.28. The van der Waals surface area contributed by atoms with Crippen molar-refractivity contribution < 1.29 is 31.8 Å². The van der Waals surface area contributed by atoms with Gasteiger partial charge in [0.2, 0.25) is 16.0 Å². The number of rotatable bonds is 6. The standard InChI is InChI=1S/C21H23N7O2S/c1-13-5-6-15(11-19(13)31(22,29)30)24-21-23-10-9-20(25-21)27(3)16-7-8-17-14(2)28(4)26-18(17)12-16/h5-12H,1-4H3,(H2,22,29,30)(H,23,24,25)/i1D3,2D3,4D3,5D,6D,7D,8D,11D,12D/hD2. The van der Waals surface area contributed by atoms with Crippen molar-refractivity contribution in [2.45, 2.75) is 18.6 Å². The summed E-state index contributed by atoms with van der Waals surface area (Å²) in [5.41, 5.74) is -3.77. The third-order valence-corrected chi connectivity index (χ3v) is 4.84. The maximum atomic E-state index is 12.8. The fourth-order valence-corrected chi connectivity index (χ4v) is 3.06. The molecule has 160 valence electrons. The molecule has 3 N–H and O–H groups in total. The van der Waals surface area contributed by atoms with E-state index < -0.39 is 111 Å². The second kappa shape index (κ2) is 7.64. The molecule has 0 unspecified atom stereocenters. The number of nitrogens with zero attached hydrogens (tertiary/aromatic N) is 5. The number of aromatic nitrogens is 4. The van der Waals surface area contributed by atoms with Crippen LogP contribution in [-0.4, -0.2) is 35.2 Å². The molecule has 0 aliphatic rings. The fraction of sp³-hybridized carbons (Fsp3) is 0.190. The van der Waals surface area contributed by atoms with Gasteiger partial charge in [-0.05, 0) is 55.5 Å². The lowest BCUT2D eigenvalue weighted by Gasteiger charge is -2.19. The molecule has 10 heteroatoms. The van der Waals surface area contributed by atoms with E-state index in [1.807, 2.05) is 0 Å². The molecule has 0 aliphatic carbocycles. The van der Waals surface area contributed by atoms with Crippen LogP contribution in [0, 0.1) is 13.7 Å². The van der Waals surface area contributed by atoms with Crippen molar-refractivity contribution >= 4 is 44.1 Å². The third-order valence-electron chi connectivity index (χ3n) is 4.02.